The lowest BCUT2D eigenvalue weighted by atomic mass is 10.1. The van der Waals surface area contributed by atoms with E-state index >= 15 is 0 Å². The first-order chi connectivity index (χ1) is 10.3. The van der Waals surface area contributed by atoms with Gasteiger partial charge in [0.1, 0.15) is 0 Å². The molecule has 120 valence electrons. The monoisotopic (exact) mass is 292 g/mol. The van der Waals surface area contributed by atoms with Crippen molar-refractivity contribution in [2.24, 2.45) is 10.9 Å². The Kier molecular flexibility index (Phi) is 7.07. The van der Waals surface area contributed by atoms with Gasteiger partial charge in [-0.2, -0.15) is 0 Å². The largest absolute Gasteiger partial charge is 0.356 e. The molecule has 4 nitrogen and oxygen atoms in total. The standard InChI is InChI=1S/C17H32N4/c1-3-4-6-10-19-17(18-2)21-13-9-16(15-21)14-20-11-7-5-8-12-20/h3-4,16H,5-15H2,1-2H3,(H,18,19)/b4-3+. The van der Waals surface area contributed by atoms with Gasteiger partial charge in [-0.05, 0) is 51.6 Å². The summed E-state index contributed by atoms with van der Waals surface area (Å²) in [7, 11) is 1.90. The van der Waals surface area contributed by atoms with E-state index in [4.69, 9.17) is 0 Å². The molecular formula is C17H32N4. The highest BCUT2D eigenvalue weighted by Crippen LogP contribution is 2.19. The fraction of sp³-hybridized carbons (Fsp3) is 0.824. The summed E-state index contributed by atoms with van der Waals surface area (Å²) in [5.74, 6) is 1.90. The minimum atomic E-state index is 0.817. The number of nitrogens with one attached hydrogen (secondary N) is 1. The molecule has 0 saturated carbocycles. The van der Waals surface area contributed by atoms with Gasteiger partial charge in [-0.3, -0.25) is 4.99 Å². The SMILES string of the molecule is C/C=C/CCNC(=NC)N1CCC(CN2CCCCC2)C1. The summed E-state index contributed by atoms with van der Waals surface area (Å²) in [5.41, 5.74) is 0. The third kappa shape index (κ3) is 5.34. The first-order valence-electron chi connectivity index (χ1n) is 8.62. The van der Waals surface area contributed by atoms with Crippen molar-refractivity contribution in [3.8, 4) is 0 Å². The molecule has 2 saturated heterocycles. The molecule has 1 atom stereocenters. The number of guanidine groups is 1. The molecule has 2 aliphatic rings. The summed E-state index contributed by atoms with van der Waals surface area (Å²) < 4.78 is 0. The number of hydrogen-bond acceptors (Lipinski definition) is 2. The number of piperidine rings is 1. The maximum atomic E-state index is 4.44. The highest BCUT2D eigenvalue weighted by atomic mass is 15.3. The zero-order chi connectivity index (χ0) is 14.9. The number of rotatable bonds is 5. The molecule has 0 bridgehead atoms. The third-order valence-corrected chi connectivity index (χ3v) is 4.59. The Morgan fingerprint density at radius 1 is 1.24 bits per heavy atom. The van der Waals surface area contributed by atoms with Crippen LogP contribution in [0.4, 0.5) is 0 Å². The summed E-state index contributed by atoms with van der Waals surface area (Å²) in [6, 6.07) is 0. The molecule has 0 aliphatic carbocycles. The number of hydrogen-bond donors (Lipinski definition) is 1. The second-order valence-corrected chi connectivity index (χ2v) is 6.29. The zero-order valence-corrected chi connectivity index (χ0v) is 13.9. The van der Waals surface area contributed by atoms with Gasteiger partial charge in [-0.25, -0.2) is 0 Å². The van der Waals surface area contributed by atoms with Crippen molar-refractivity contribution >= 4 is 5.96 Å². The molecule has 2 heterocycles. The van der Waals surface area contributed by atoms with Crippen molar-refractivity contribution in [2.75, 3.05) is 46.3 Å². The van der Waals surface area contributed by atoms with Crippen LogP contribution in [-0.2, 0) is 0 Å². The van der Waals surface area contributed by atoms with Crippen LogP contribution in [0.15, 0.2) is 17.1 Å². The van der Waals surface area contributed by atoms with Gasteiger partial charge in [-0.15, -0.1) is 0 Å². The number of aliphatic imine (C=N–C) groups is 1. The van der Waals surface area contributed by atoms with Gasteiger partial charge in [0.2, 0.25) is 0 Å². The van der Waals surface area contributed by atoms with E-state index in [0.717, 1.165) is 31.4 Å². The van der Waals surface area contributed by atoms with Crippen LogP contribution in [0.2, 0.25) is 0 Å². The van der Waals surface area contributed by atoms with E-state index in [2.05, 4.69) is 39.2 Å². The van der Waals surface area contributed by atoms with E-state index in [9.17, 15) is 0 Å². The first kappa shape index (κ1) is 16.3. The van der Waals surface area contributed by atoms with Crippen LogP contribution >= 0.6 is 0 Å². The summed E-state index contributed by atoms with van der Waals surface area (Å²) in [5, 5.41) is 3.48. The van der Waals surface area contributed by atoms with E-state index in [1.165, 1.54) is 51.9 Å². The Balaban J connectivity index is 1.71. The van der Waals surface area contributed by atoms with Crippen molar-refractivity contribution in [1.29, 1.82) is 0 Å². The molecule has 0 amide bonds. The Morgan fingerprint density at radius 3 is 2.76 bits per heavy atom. The molecule has 0 aromatic carbocycles. The lowest BCUT2D eigenvalue weighted by molar-refractivity contribution is 0.198. The molecule has 2 fully saturated rings. The molecule has 2 aliphatic heterocycles. The van der Waals surface area contributed by atoms with Gasteiger partial charge in [0.05, 0.1) is 0 Å². The molecule has 2 rings (SSSR count). The lowest BCUT2D eigenvalue weighted by Crippen LogP contribution is -2.41. The van der Waals surface area contributed by atoms with Gasteiger partial charge in [0.25, 0.3) is 0 Å². The summed E-state index contributed by atoms with van der Waals surface area (Å²) in [4.78, 5) is 9.54. The van der Waals surface area contributed by atoms with Crippen LogP contribution in [0, 0.1) is 5.92 Å². The minimum absolute atomic E-state index is 0.817. The molecule has 1 unspecified atom stereocenters. The molecule has 4 heteroatoms. The van der Waals surface area contributed by atoms with Crippen LogP contribution in [0.1, 0.15) is 39.0 Å². The van der Waals surface area contributed by atoms with Crippen molar-refractivity contribution in [2.45, 2.75) is 39.0 Å². The maximum absolute atomic E-state index is 4.44. The number of nitrogens with zero attached hydrogens (tertiary/aromatic N) is 3. The summed E-state index contributed by atoms with van der Waals surface area (Å²) in [6.45, 7) is 9.28. The fourth-order valence-corrected chi connectivity index (χ4v) is 3.45. The van der Waals surface area contributed by atoms with E-state index in [1.807, 2.05) is 7.05 Å². The van der Waals surface area contributed by atoms with Crippen molar-refractivity contribution in [3.05, 3.63) is 12.2 Å². The van der Waals surface area contributed by atoms with Crippen molar-refractivity contribution in [1.82, 2.24) is 15.1 Å². The Labute approximate surface area is 130 Å². The zero-order valence-electron chi connectivity index (χ0n) is 13.9. The molecule has 21 heavy (non-hydrogen) atoms. The molecule has 0 spiro atoms. The normalized spacial score (nSPS) is 25.0. The van der Waals surface area contributed by atoms with Crippen molar-refractivity contribution in [3.63, 3.8) is 0 Å². The van der Waals surface area contributed by atoms with Gasteiger partial charge in [0, 0.05) is 33.2 Å². The van der Waals surface area contributed by atoms with Crippen LogP contribution in [0.25, 0.3) is 0 Å². The smallest absolute Gasteiger partial charge is 0.193 e. The van der Waals surface area contributed by atoms with Gasteiger partial charge < -0.3 is 15.1 Å². The van der Waals surface area contributed by atoms with Crippen LogP contribution in [0.3, 0.4) is 0 Å². The van der Waals surface area contributed by atoms with Crippen LogP contribution < -0.4 is 5.32 Å². The van der Waals surface area contributed by atoms with E-state index < -0.39 is 0 Å². The average Bonchev–Trinajstić information content (AvgIpc) is 2.97. The summed E-state index contributed by atoms with van der Waals surface area (Å²) in [6.07, 6.45) is 10.9. The number of allylic oxidation sites excluding steroid dienone is 1. The molecule has 0 aromatic rings. The highest BCUT2D eigenvalue weighted by Gasteiger charge is 2.26. The Hall–Kier alpha value is -1.03. The van der Waals surface area contributed by atoms with Gasteiger partial charge in [0.15, 0.2) is 5.96 Å². The van der Waals surface area contributed by atoms with Crippen molar-refractivity contribution < 1.29 is 0 Å². The highest BCUT2D eigenvalue weighted by molar-refractivity contribution is 5.80. The van der Waals surface area contributed by atoms with E-state index in [1.54, 1.807) is 0 Å². The third-order valence-electron chi connectivity index (χ3n) is 4.59. The van der Waals surface area contributed by atoms with Gasteiger partial charge in [-0.1, -0.05) is 18.6 Å². The number of likely N-dealkylation sites (tertiary alicyclic amines) is 2. The molecule has 0 radical (unpaired) electrons. The fourth-order valence-electron chi connectivity index (χ4n) is 3.45. The lowest BCUT2D eigenvalue weighted by Gasteiger charge is -2.29. The first-order valence-corrected chi connectivity index (χ1v) is 8.62. The Bertz CT molecular complexity index is 345. The van der Waals surface area contributed by atoms with E-state index in [-0.39, 0.29) is 0 Å². The predicted molar refractivity (Wildman–Crippen MR) is 90.8 cm³/mol. The quantitative estimate of drug-likeness (QED) is 0.365. The van der Waals surface area contributed by atoms with Crippen LogP contribution in [-0.4, -0.2) is 62.1 Å². The maximum Gasteiger partial charge on any atom is 0.193 e. The molecule has 1 N–H and O–H groups in total. The van der Waals surface area contributed by atoms with E-state index in [0.29, 0.717) is 0 Å². The van der Waals surface area contributed by atoms with Gasteiger partial charge >= 0.3 is 0 Å². The molecule has 0 aromatic heterocycles. The topological polar surface area (TPSA) is 30.9 Å². The molecular weight excluding hydrogens is 260 g/mol. The minimum Gasteiger partial charge on any atom is -0.356 e. The summed E-state index contributed by atoms with van der Waals surface area (Å²) >= 11 is 0. The Morgan fingerprint density at radius 2 is 2.05 bits per heavy atom. The second kappa shape index (κ2) is 9.08. The average molecular weight is 292 g/mol. The predicted octanol–water partition coefficient (Wildman–Crippen LogP) is 2.34. The second-order valence-electron chi connectivity index (χ2n) is 6.29. The van der Waals surface area contributed by atoms with Crippen LogP contribution in [0.5, 0.6) is 0 Å².